The second-order valence-electron chi connectivity index (χ2n) is 3.26. The van der Waals surface area contributed by atoms with Crippen molar-refractivity contribution in [2.45, 2.75) is 12.3 Å². The van der Waals surface area contributed by atoms with Gasteiger partial charge in [0.1, 0.15) is 5.15 Å². The van der Waals surface area contributed by atoms with Crippen LogP contribution in [0.1, 0.15) is 10.4 Å². The molecule has 0 aliphatic heterocycles. The molecular weight excluding hydrogens is 296 g/mol. The number of amides is 1. The van der Waals surface area contributed by atoms with Gasteiger partial charge in [-0.05, 0) is 6.07 Å². The Bertz CT molecular complexity index is 454. The molecule has 9 heteroatoms. The van der Waals surface area contributed by atoms with Crippen LogP contribution in [-0.2, 0) is 0 Å². The number of carbonyl (C=O) groups is 1. The Balaban J connectivity index is 2.63. The number of aliphatic hydroxyl groups is 1. The van der Waals surface area contributed by atoms with E-state index in [1.54, 1.807) is 0 Å². The fourth-order valence-corrected chi connectivity index (χ4v) is 1.22. The molecule has 0 saturated heterocycles. The maximum atomic E-state index is 12.0. The van der Waals surface area contributed by atoms with Gasteiger partial charge in [0.15, 0.2) is 6.10 Å². The van der Waals surface area contributed by atoms with Crippen molar-refractivity contribution in [2.75, 3.05) is 6.54 Å². The second kappa shape index (κ2) is 5.73. The quantitative estimate of drug-likeness (QED) is 0.840. The predicted octanol–water partition coefficient (Wildman–Crippen LogP) is 2.04. The third-order valence-electron chi connectivity index (χ3n) is 1.89. The Morgan fingerprint density at radius 1 is 1.50 bits per heavy atom. The van der Waals surface area contributed by atoms with E-state index in [9.17, 15) is 18.0 Å². The second-order valence-corrected chi connectivity index (χ2v) is 4.03. The molecule has 0 spiro atoms. The van der Waals surface area contributed by atoms with E-state index in [0.29, 0.717) is 0 Å². The van der Waals surface area contributed by atoms with Gasteiger partial charge in [0.2, 0.25) is 0 Å². The van der Waals surface area contributed by atoms with Crippen molar-refractivity contribution in [3.8, 4) is 0 Å². The molecule has 100 valence electrons. The first kappa shape index (κ1) is 15.0. The fourth-order valence-electron chi connectivity index (χ4n) is 0.953. The molecule has 1 atom stereocenters. The summed E-state index contributed by atoms with van der Waals surface area (Å²) in [6.45, 7) is -0.956. The molecule has 1 aromatic heterocycles. The summed E-state index contributed by atoms with van der Waals surface area (Å²) in [4.78, 5) is 15.0. The van der Waals surface area contributed by atoms with Gasteiger partial charge in [0.25, 0.3) is 5.91 Å². The number of pyridine rings is 1. The summed E-state index contributed by atoms with van der Waals surface area (Å²) in [7, 11) is 0. The Labute approximate surface area is 110 Å². The van der Waals surface area contributed by atoms with Crippen molar-refractivity contribution in [1.29, 1.82) is 0 Å². The molecule has 1 aromatic rings. The molecule has 0 aromatic carbocycles. The molecule has 1 amide bonds. The minimum atomic E-state index is -4.79. The van der Waals surface area contributed by atoms with Crippen LogP contribution in [0.5, 0.6) is 0 Å². The van der Waals surface area contributed by atoms with Crippen LogP contribution in [0.4, 0.5) is 13.2 Å². The number of carbonyl (C=O) groups excluding carboxylic acids is 1. The van der Waals surface area contributed by atoms with Gasteiger partial charge in [-0.3, -0.25) is 4.79 Å². The number of rotatable bonds is 3. The van der Waals surface area contributed by atoms with Crippen molar-refractivity contribution in [3.63, 3.8) is 0 Å². The number of halogens is 5. The van der Waals surface area contributed by atoms with E-state index in [2.05, 4.69) is 4.98 Å². The van der Waals surface area contributed by atoms with E-state index in [4.69, 9.17) is 28.3 Å². The van der Waals surface area contributed by atoms with Gasteiger partial charge in [-0.15, -0.1) is 0 Å². The average molecular weight is 303 g/mol. The van der Waals surface area contributed by atoms with Crippen LogP contribution in [0.15, 0.2) is 12.3 Å². The molecule has 2 N–H and O–H groups in total. The van der Waals surface area contributed by atoms with Gasteiger partial charge >= 0.3 is 6.18 Å². The first-order valence-electron chi connectivity index (χ1n) is 4.56. The predicted molar refractivity (Wildman–Crippen MR) is 58.7 cm³/mol. The van der Waals surface area contributed by atoms with Crippen LogP contribution in [0.3, 0.4) is 0 Å². The summed E-state index contributed by atoms with van der Waals surface area (Å²) in [5, 5.41) is 10.6. The smallest absolute Gasteiger partial charge is 0.382 e. The summed E-state index contributed by atoms with van der Waals surface area (Å²) in [5.41, 5.74) is -0.0567. The lowest BCUT2D eigenvalue weighted by molar-refractivity contribution is -0.201. The van der Waals surface area contributed by atoms with Crippen molar-refractivity contribution >= 4 is 29.1 Å². The normalized spacial score (nSPS) is 13.2. The SMILES string of the molecule is O=C(NCC(O)C(F)(F)F)c1cnc(Cl)c(Cl)c1. The molecule has 0 aliphatic rings. The first-order valence-corrected chi connectivity index (χ1v) is 5.31. The molecule has 0 bridgehead atoms. The van der Waals surface area contributed by atoms with Gasteiger partial charge in [-0.1, -0.05) is 23.2 Å². The van der Waals surface area contributed by atoms with E-state index in [-0.39, 0.29) is 15.7 Å². The standard InChI is InChI=1S/C9H7Cl2F3N2O2/c10-5-1-4(2-15-7(5)11)8(18)16-3-6(17)9(12,13)14/h1-2,6,17H,3H2,(H,16,18). The summed E-state index contributed by atoms with van der Waals surface area (Å²) in [6.07, 6.45) is -6.36. The summed E-state index contributed by atoms with van der Waals surface area (Å²) >= 11 is 11.1. The van der Waals surface area contributed by atoms with E-state index in [0.717, 1.165) is 12.3 Å². The van der Waals surface area contributed by atoms with Gasteiger partial charge < -0.3 is 10.4 Å². The van der Waals surface area contributed by atoms with E-state index >= 15 is 0 Å². The van der Waals surface area contributed by atoms with Crippen molar-refractivity contribution in [3.05, 3.63) is 28.0 Å². The zero-order valence-corrected chi connectivity index (χ0v) is 10.1. The topological polar surface area (TPSA) is 62.2 Å². The highest BCUT2D eigenvalue weighted by atomic mass is 35.5. The molecule has 1 unspecified atom stereocenters. The molecule has 0 fully saturated rings. The van der Waals surface area contributed by atoms with E-state index < -0.39 is 24.7 Å². The maximum absolute atomic E-state index is 12.0. The van der Waals surface area contributed by atoms with Gasteiger partial charge in [0, 0.05) is 6.20 Å². The Morgan fingerprint density at radius 3 is 2.61 bits per heavy atom. The van der Waals surface area contributed by atoms with Gasteiger partial charge in [-0.2, -0.15) is 13.2 Å². The minimum Gasteiger partial charge on any atom is -0.382 e. The van der Waals surface area contributed by atoms with E-state index in [1.165, 1.54) is 0 Å². The number of aliphatic hydroxyl groups excluding tert-OH is 1. The van der Waals surface area contributed by atoms with Crippen LogP contribution in [0.2, 0.25) is 10.2 Å². The highest BCUT2D eigenvalue weighted by Crippen LogP contribution is 2.20. The summed E-state index contributed by atoms with van der Waals surface area (Å²) in [6, 6.07) is 1.16. The fraction of sp³-hybridized carbons (Fsp3) is 0.333. The highest BCUT2D eigenvalue weighted by molar-refractivity contribution is 6.41. The van der Waals surface area contributed by atoms with Crippen LogP contribution in [0.25, 0.3) is 0 Å². The van der Waals surface area contributed by atoms with Gasteiger partial charge in [0.05, 0.1) is 17.1 Å². The molecule has 1 rings (SSSR count). The number of aromatic nitrogens is 1. The van der Waals surface area contributed by atoms with Gasteiger partial charge in [-0.25, -0.2) is 4.98 Å². The van der Waals surface area contributed by atoms with E-state index in [1.807, 2.05) is 5.32 Å². The number of nitrogens with zero attached hydrogens (tertiary/aromatic N) is 1. The molecule has 1 heterocycles. The zero-order valence-electron chi connectivity index (χ0n) is 8.63. The Morgan fingerprint density at radius 2 is 2.11 bits per heavy atom. The third kappa shape index (κ3) is 4.01. The molecule has 18 heavy (non-hydrogen) atoms. The number of hydrogen-bond acceptors (Lipinski definition) is 3. The van der Waals surface area contributed by atoms with Crippen LogP contribution < -0.4 is 5.32 Å². The molecule has 4 nitrogen and oxygen atoms in total. The van der Waals surface area contributed by atoms with Crippen molar-refractivity contribution in [2.24, 2.45) is 0 Å². The lowest BCUT2D eigenvalue weighted by atomic mass is 10.2. The van der Waals surface area contributed by atoms with Crippen molar-refractivity contribution in [1.82, 2.24) is 10.3 Å². The van der Waals surface area contributed by atoms with Crippen LogP contribution in [0, 0.1) is 0 Å². The maximum Gasteiger partial charge on any atom is 0.416 e. The first-order chi connectivity index (χ1) is 8.21. The summed E-state index contributed by atoms with van der Waals surface area (Å²) in [5.74, 6) is -0.843. The zero-order chi connectivity index (χ0) is 13.9. The largest absolute Gasteiger partial charge is 0.416 e. The number of alkyl halides is 3. The molecular formula is C9H7Cl2F3N2O2. The highest BCUT2D eigenvalue weighted by Gasteiger charge is 2.38. The number of hydrogen-bond donors (Lipinski definition) is 2. The molecule has 0 saturated carbocycles. The Hall–Kier alpha value is -1.05. The third-order valence-corrected chi connectivity index (χ3v) is 2.58. The summed E-state index contributed by atoms with van der Waals surface area (Å²) < 4.78 is 35.9. The van der Waals surface area contributed by atoms with Crippen LogP contribution >= 0.6 is 23.2 Å². The minimum absolute atomic E-state index is 0.000636. The lowest BCUT2D eigenvalue weighted by Gasteiger charge is -2.14. The van der Waals surface area contributed by atoms with Crippen LogP contribution in [-0.4, -0.2) is 34.8 Å². The molecule has 0 aliphatic carbocycles. The average Bonchev–Trinajstić information content (AvgIpc) is 2.27. The lowest BCUT2D eigenvalue weighted by Crippen LogP contribution is -2.40. The van der Waals surface area contributed by atoms with Crippen molar-refractivity contribution < 1.29 is 23.1 Å². The molecule has 0 radical (unpaired) electrons. The Kier molecular flexibility index (Phi) is 4.78. The number of nitrogens with one attached hydrogen (secondary N) is 1. The monoisotopic (exact) mass is 302 g/mol.